The molecule has 0 atom stereocenters. The van der Waals surface area contributed by atoms with Crippen molar-refractivity contribution < 1.29 is 0 Å². The standard InChI is InChI=1S/C10H14/c1-4-6-7-9-10(3)8-5-2/h4-8H,1-3H3/b6-4+,8-5-. The first-order valence-electron chi connectivity index (χ1n) is 3.48. The molecule has 0 fully saturated rings. The molecule has 0 heterocycles. The van der Waals surface area contributed by atoms with Crippen LogP contribution in [0.15, 0.2) is 41.7 Å². The van der Waals surface area contributed by atoms with Crippen molar-refractivity contribution in [2.45, 2.75) is 20.8 Å². The van der Waals surface area contributed by atoms with Gasteiger partial charge >= 0.3 is 0 Å². The monoisotopic (exact) mass is 134 g/mol. The van der Waals surface area contributed by atoms with Crippen molar-refractivity contribution in [3.8, 4) is 0 Å². The molecule has 0 aromatic heterocycles. The van der Waals surface area contributed by atoms with E-state index in [-0.39, 0.29) is 0 Å². The fraction of sp³-hybridized carbons (Fsp3) is 0.300. The Kier molecular flexibility index (Phi) is 5.51. The van der Waals surface area contributed by atoms with E-state index in [1.807, 2.05) is 51.2 Å². The van der Waals surface area contributed by atoms with Gasteiger partial charge in [0.2, 0.25) is 0 Å². The maximum atomic E-state index is 3.10. The van der Waals surface area contributed by atoms with Gasteiger partial charge < -0.3 is 0 Å². The normalized spacial score (nSPS) is 10.3. The zero-order valence-electron chi connectivity index (χ0n) is 6.89. The first-order valence-corrected chi connectivity index (χ1v) is 3.48. The lowest BCUT2D eigenvalue weighted by atomic mass is 10.3. The van der Waals surface area contributed by atoms with E-state index in [9.17, 15) is 0 Å². The van der Waals surface area contributed by atoms with Crippen molar-refractivity contribution in [3.63, 3.8) is 0 Å². The lowest BCUT2D eigenvalue weighted by molar-refractivity contribution is 1.52. The molecule has 0 heteroatoms. The van der Waals surface area contributed by atoms with Crippen LogP contribution in [0.4, 0.5) is 0 Å². The third-order valence-electron chi connectivity index (χ3n) is 1.02. The van der Waals surface area contributed by atoms with Crippen LogP contribution in [-0.2, 0) is 0 Å². The van der Waals surface area contributed by atoms with Crippen LogP contribution in [0, 0.1) is 0 Å². The van der Waals surface area contributed by atoms with Gasteiger partial charge in [-0.2, -0.15) is 0 Å². The minimum absolute atomic E-state index is 1.15. The summed E-state index contributed by atoms with van der Waals surface area (Å²) in [7, 11) is 0. The summed E-state index contributed by atoms with van der Waals surface area (Å²) in [5.74, 6) is 0. The van der Waals surface area contributed by atoms with E-state index < -0.39 is 0 Å². The maximum Gasteiger partial charge on any atom is -0.00947 e. The Morgan fingerprint density at radius 1 is 1.20 bits per heavy atom. The summed E-state index contributed by atoms with van der Waals surface area (Å²) in [6, 6.07) is 0. The molecule has 0 amide bonds. The van der Waals surface area contributed by atoms with Gasteiger partial charge in [-0.3, -0.25) is 0 Å². The molecule has 0 bridgehead atoms. The Morgan fingerprint density at radius 3 is 2.40 bits per heavy atom. The summed E-state index contributed by atoms with van der Waals surface area (Å²) < 4.78 is 0. The van der Waals surface area contributed by atoms with Crippen LogP contribution < -0.4 is 0 Å². The van der Waals surface area contributed by atoms with Gasteiger partial charge in [-0.1, -0.05) is 24.3 Å². The van der Waals surface area contributed by atoms with Crippen molar-refractivity contribution in [2.24, 2.45) is 0 Å². The second kappa shape index (κ2) is 6.12. The fourth-order valence-electron chi connectivity index (χ4n) is 0.574. The van der Waals surface area contributed by atoms with Gasteiger partial charge in [0.15, 0.2) is 0 Å². The second-order valence-corrected chi connectivity index (χ2v) is 2.02. The Bertz CT molecular complexity index is 186. The minimum atomic E-state index is 1.15. The molecule has 0 spiro atoms. The van der Waals surface area contributed by atoms with Crippen molar-refractivity contribution in [2.75, 3.05) is 0 Å². The highest BCUT2D eigenvalue weighted by Gasteiger charge is 1.70. The average molecular weight is 134 g/mol. The third kappa shape index (κ3) is 5.14. The topological polar surface area (TPSA) is 0 Å². The summed E-state index contributed by atoms with van der Waals surface area (Å²) in [4.78, 5) is 0. The Morgan fingerprint density at radius 2 is 1.90 bits per heavy atom. The zero-order valence-corrected chi connectivity index (χ0v) is 6.89. The predicted molar refractivity (Wildman–Crippen MR) is 46.9 cm³/mol. The Hall–Kier alpha value is -1.00. The molecule has 0 aromatic carbocycles. The second-order valence-electron chi connectivity index (χ2n) is 2.02. The highest BCUT2D eigenvalue weighted by atomic mass is 13.8. The van der Waals surface area contributed by atoms with Gasteiger partial charge in [0.1, 0.15) is 0 Å². The highest BCUT2D eigenvalue weighted by Crippen LogP contribution is 1.90. The van der Waals surface area contributed by atoms with E-state index >= 15 is 0 Å². The molecule has 54 valence electrons. The summed E-state index contributed by atoms with van der Waals surface area (Å²) in [6.07, 6.45) is 9.89. The smallest absolute Gasteiger partial charge is 0.00947 e. The molecule has 0 aliphatic rings. The Labute approximate surface area is 63.3 Å². The van der Waals surface area contributed by atoms with Gasteiger partial charge in [0.05, 0.1) is 0 Å². The minimum Gasteiger partial charge on any atom is -0.118 e. The molecular formula is C10H14. The van der Waals surface area contributed by atoms with Crippen molar-refractivity contribution in [1.82, 2.24) is 0 Å². The van der Waals surface area contributed by atoms with Crippen LogP contribution in [-0.4, -0.2) is 0 Å². The fourth-order valence-corrected chi connectivity index (χ4v) is 0.574. The molecule has 0 saturated heterocycles. The van der Waals surface area contributed by atoms with Crippen LogP contribution in [0.5, 0.6) is 0 Å². The molecule has 0 radical (unpaired) electrons. The van der Waals surface area contributed by atoms with E-state index in [4.69, 9.17) is 0 Å². The predicted octanol–water partition coefficient (Wildman–Crippen LogP) is 3.24. The van der Waals surface area contributed by atoms with Crippen LogP contribution in [0.3, 0.4) is 0 Å². The third-order valence-corrected chi connectivity index (χ3v) is 1.02. The Balaban J connectivity index is 4.14. The van der Waals surface area contributed by atoms with E-state index in [1.165, 1.54) is 0 Å². The SMILES string of the molecule is C/C=C\C(C)=C=C/C=C/C. The van der Waals surface area contributed by atoms with Crippen LogP contribution in [0.1, 0.15) is 20.8 Å². The van der Waals surface area contributed by atoms with Gasteiger partial charge in [0, 0.05) is 0 Å². The summed E-state index contributed by atoms with van der Waals surface area (Å²) in [5, 5.41) is 0. The molecular weight excluding hydrogens is 120 g/mol. The number of hydrogen-bond acceptors (Lipinski definition) is 0. The van der Waals surface area contributed by atoms with Gasteiger partial charge in [-0.25, -0.2) is 0 Å². The van der Waals surface area contributed by atoms with E-state index in [1.54, 1.807) is 0 Å². The first-order chi connectivity index (χ1) is 4.81. The number of allylic oxidation sites excluding steroid dienone is 5. The number of rotatable bonds is 2. The van der Waals surface area contributed by atoms with Crippen molar-refractivity contribution in [1.29, 1.82) is 0 Å². The van der Waals surface area contributed by atoms with E-state index in [0.29, 0.717) is 0 Å². The molecule has 0 nitrogen and oxygen atoms in total. The lowest BCUT2D eigenvalue weighted by Gasteiger charge is -1.79. The average Bonchev–Trinajstić information content (AvgIpc) is 1.89. The molecule has 0 unspecified atom stereocenters. The van der Waals surface area contributed by atoms with Crippen molar-refractivity contribution in [3.05, 3.63) is 41.7 Å². The van der Waals surface area contributed by atoms with Crippen LogP contribution >= 0.6 is 0 Å². The largest absolute Gasteiger partial charge is 0.118 e. The molecule has 0 N–H and O–H groups in total. The van der Waals surface area contributed by atoms with E-state index in [0.717, 1.165) is 5.57 Å². The van der Waals surface area contributed by atoms with Crippen molar-refractivity contribution >= 4 is 0 Å². The molecule has 0 aliphatic carbocycles. The summed E-state index contributed by atoms with van der Waals surface area (Å²) in [6.45, 7) is 6.02. The molecule has 10 heavy (non-hydrogen) atoms. The molecule has 0 rings (SSSR count). The highest BCUT2D eigenvalue weighted by molar-refractivity contribution is 5.16. The van der Waals surface area contributed by atoms with Gasteiger partial charge in [-0.05, 0) is 32.4 Å². The van der Waals surface area contributed by atoms with E-state index in [2.05, 4.69) is 5.73 Å². The summed E-state index contributed by atoms with van der Waals surface area (Å²) >= 11 is 0. The van der Waals surface area contributed by atoms with Crippen LogP contribution in [0.2, 0.25) is 0 Å². The summed E-state index contributed by atoms with van der Waals surface area (Å²) in [5.41, 5.74) is 4.26. The number of hydrogen-bond donors (Lipinski definition) is 0. The molecule has 0 saturated carbocycles. The molecule has 0 aromatic rings. The maximum absolute atomic E-state index is 3.10. The quantitative estimate of drug-likeness (QED) is 0.401. The lowest BCUT2D eigenvalue weighted by Crippen LogP contribution is -1.59. The van der Waals surface area contributed by atoms with Crippen LogP contribution in [0.25, 0.3) is 0 Å². The first kappa shape index (κ1) is 9.00. The zero-order chi connectivity index (χ0) is 7.82. The van der Waals surface area contributed by atoms with Gasteiger partial charge in [-0.15, -0.1) is 5.73 Å². The molecule has 0 aliphatic heterocycles. The van der Waals surface area contributed by atoms with Gasteiger partial charge in [0.25, 0.3) is 0 Å².